The minimum absolute atomic E-state index is 0.777. The van der Waals surface area contributed by atoms with Crippen LogP contribution in [0, 0.1) is 0 Å². The fourth-order valence-corrected chi connectivity index (χ4v) is 1.79. The minimum Gasteiger partial charge on any atom is -0.497 e. The number of hydrogen-bond acceptors (Lipinski definition) is 4. The maximum atomic E-state index is 5.23. The second-order valence-corrected chi connectivity index (χ2v) is 4.10. The van der Waals surface area contributed by atoms with E-state index in [1.54, 1.807) is 14.2 Å². The number of ether oxygens (including phenoxy) is 2. The molecule has 0 amide bonds. The van der Waals surface area contributed by atoms with E-state index >= 15 is 0 Å². The first-order valence-corrected chi connectivity index (χ1v) is 6.18. The van der Waals surface area contributed by atoms with E-state index in [2.05, 4.69) is 10.3 Å². The Hall–Kier alpha value is -2.23. The molecule has 0 bridgehead atoms. The lowest BCUT2D eigenvalue weighted by atomic mass is 10.2. The van der Waals surface area contributed by atoms with Gasteiger partial charge in [0.05, 0.1) is 14.2 Å². The molecule has 0 aliphatic heterocycles. The van der Waals surface area contributed by atoms with Crippen molar-refractivity contribution in [2.45, 2.75) is 6.42 Å². The van der Waals surface area contributed by atoms with Crippen LogP contribution in [-0.4, -0.2) is 25.7 Å². The summed E-state index contributed by atoms with van der Waals surface area (Å²) in [7, 11) is 3.29. The minimum atomic E-state index is 0.777. The lowest BCUT2D eigenvalue weighted by molar-refractivity contribution is 0.394. The third-order valence-electron chi connectivity index (χ3n) is 2.79. The molecule has 0 radical (unpaired) electrons. The van der Waals surface area contributed by atoms with Gasteiger partial charge in [-0.25, -0.2) is 0 Å². The number of nitrogens with one attached hydrogen (secondary N) is 1. The monoisotopic (exact) mass is 258 g/mol. The molecule has 0 aliphatic carbocycles. The fraction of sp³-hybridized carbons (Fsp3) is 0.267. The van der Waals surface area contributed by atoms with Crippen LogP contribution in [0.3, 0.4) is 0 Å². The van der Waals surface area contributed by atoms with Crippen molar-refractivity contribution < 1.29 is 9.47 Å². The van der Waals surface area contributed by atoms with Crippen molar-refractivity contribution >= 4 is 5.69 Å². The summed E-state index contributed by atoms with van der Waals surface area (Å²) in [5.74, 6) is 1.55. The molecule has 100 valence electrons. The quantitative estimate of drug-likeness (QED) is 0.865. The van der Waals surface area contributed by atoms with E-state index in [-0.39, 0.29) is 0 Å². The van der Waals surface area contributed by atoms with Gasteiger partial charge < -0.3 is 14.8 Å². The Morgan fingerprint density at radius 2 is 1.79 bits per heavy atom. The highest BCUT2D eigenvalue weighted by Crippen LogP contribution is 2.25. The van der Waals surface area contributed by atoms with Gasteiger partial charge in [0.15, 0.2) is 0 Å². The second-order valence-electron chi connectivity index (χ2n) is 4.10. The van der Waals surface area contributed by atoms with Crippen LogP contribution >= 0.6 is 0 Å². The average Bonchev–Trinajstić information content (AvgIpc) is 2.48. The first kappa shape index (κ1) is 13.2. The smallest absolute Gasteiger partial charge is 0.124 e. The van der Waals surface area contributed by atoms with Gasteiger partial charge in [-0.15, -0.1) is 0 Å². The summed E-state index contributed by atoms with van der Waals surface area (Å²) < 4.78 is 10.5. The molecular weight excluding hydrogens is 240 g/mol. The summed E-state index contributed by atoms with van der Waals surface area (Å²) in [5, 5.41) is 3.34. The number of hydrogen-bond donors (Lipinski definition) is 1. The molecule has 0 saturated heterocycles. The lowest BCUT2D eigenvalue weighted by Gasteiger charge is -2.10. The van der Waals surface area contributed by atoms with Crippen molar-refractivity contribution in [3.8, 4) is 11.5 Å². The van der Waals surface area contributed by atoms with Crippen LogP contribution in [0.5, 0.6) is 11.5 Å². The molecule has 1 aromatic carbocycles. The summed E-state index contributed by atoms with van der Waals surface area (Å²) in [6.45, 7) is 0.813. The van der Waals surface area contributed by atoms with E-state index in [0.717, 1.165) is 35.8 Å². The Balaban J connectivity index is 1.95. The summed E-state index contributed by atoms with van der Waals surface area (Å²) >= 11 is 0. The van der Waals surface area contributed by atoms with Crippen molar-refractivity contribution in [1.29, 1.82) is 0 Å². The SMILES string of the molecule is COc1cc(NCCc2ccccn2)cc(OC)c1. The number of anilines is 1. The first-order chi connectivity index (χ1) is 9.31. The zero-order chi connectivity index (χ0) is 13.5. The Kier molecular flexibility index (Phi) is 4.61. The van der Waals surface area contributed by atoms with Gasteiger partial charge in [-0.2, -0.15) is 0 Å². The van der Waals surface area contributed by atoms with E-state index in [0.29, 0.717) is 0 Å². The largest absolute Gasteiger partial charge is 0.497 e. The van der Waals surface area contributed by atoms with Gasteiger partial charge in [-0.1, -0.05) is 6.07 Å². The Morgan fingerprint density at radius 3 is 2.37 bits per heavy atom. The molecule has 1 heterocycles. The molecular formula is C15H18N2O2. The number of nitrogens with zero attached hydrogens (tertiary/aromatic N) is 1. The van der Waals surface area contributed by atoms with Gasteiger partial charge in [-0.05, 0) is 12.1 Å². The van der Waals surface area contributed by atoms with Crippen LogP contribution in [0.1, 0.15) is 5.69 Å². The van der Waals surface area contributed by atoms with Crippen LogP contribution in [-0.2, 0) is 6.42 Å². The number of aromatic nitrogens is 1. The highest BCUT2D eigenvalue weighted by atomic mass is 16.5. The fourth-order valence-electron chi connectivity index (χ4n) is 1.79. The van der Waals surface area contributed by atoms with Crippen molar-refractivity contribution in [2.24, 2.45) is 0 Å². The van der Waals surface area contributed by atoms with Crippen LogP contribution in [0.2, 0.25) is 0 Å². The van der Waals surface area contributed by atoms with Gasteiger partial charge >= 0.3 is 0 Å². The number of rotatable bonds is 6. The van der Waals surface area contributed by atoms with Crippen molar-refractivity contribution in [3.63, 3.8) is 0 Å². The molecule has 2 aromatic rings. The van der Waals surface area contributed by atoms with E-state index in [1.165, 1.54) is 0 Å². The molecule has 1 N–H and O–H groups in total. The molecule has 0 unspecified atom stereocenters. The van der Waals surface area contributed by atoms with Gasteiger partial charge in [0, 0.05) is 48.7 Å². The predicted molar refractivity (Wildman–Crippen MR) is 76.0 cm³/mol. The summed E-state index contributed by atoms with van der Waals surface area (Å²) in [4.78, 5) is 4.29. The Labute approximate surface area is 113 Å². The van der Waals surface area contributed by atoms with E-state index in [9.17, 15) is 0 Å². The van der Waals surface area contributed by atoms with Crippen LogP contribution in [0.25, 0.3) is 0 Å². The molecule has 0 saturated carbocycles. The molecule has 4 nitrogen and oxygen atoms in total. The van der Waals surface area contributed by atoms with E-state index < -0.39 is 0 Å². The summed E-state index contributed by atoms with van der Waals surface area (Å²) in [6, 6.07) is 11.7. The Morgan fingerprint density at radius 1 is 1.05 bits per heavy atom. The molecule has 0 atom stereocenters. The predicted octanol–water partition coefficient (Wildman–Crippen LogP) is 2.75. The molecule has 0 aliphatic rings. The van der Waals surface area contributed by atoms with Crippen LogP contribution in [0.4, 0.5) is 5.69 Å². The first-order valence-electron chi connectivity index (χ1n) is 6.18. The van der Waals surface area contributed by atoms with Gasteiger partial charge in [0.2, 0.25) is 0 Å². The molecule has 4 heteroatoms. The van der Waals surface area contributed by atoms with Crippen LogP contribution < -0.4 is 14.8 Å². The zero-order valence-electron chi connectivity index (χ0n) is 11.2. The van der Waals surface area contributed by atoms with E-state index in [4.69, 9.17) is 9.47 Å². The topological polar surface area (TPSA) is 43.4 Å². The maximum Gasteiger partial charge on any atom is 0.124 e. The van der Waals surface area contributed by atoms with Crippen molar-refractivity contribution in [2.75, 3.05) is 26.1 Å². The standard InChI is InChI=1S/C15H18N2O2/c1-18-14-9-13(10-15(11-14)19-2)17-8-6-12-5-3-4-7-16-12/h3-5,7,9-11,17H,6,8H2,1-2H3. The molecule has 0 fully saturated rings. The molecule has 19 heavy (non-hydrogen) atoms. The third kappa shape index (κ3) is 3.88. The Bertz CT molecular complexity index is 493. The summed E-state index contributed by atoms with van der Waals surface area (Å²) in [6.07, 6.45) is 2.68. The highest BCUT2D eigenvalue weighted by molar-refractivity contribution is 5.53. The average molecular weight is 258 g/mol. The van der Waals surface area contributed by atoms with Gasteiger partial charge in [-0.3, -0.25) is 4.98 Å². The van der Waals surface area contributed by atoms with Crippen molar-refractivity contribution in [1.82, 2.24) is 4.98 Å². The molecule has 1 aromatic heterocycles. The normalized spacial score (nSPS) is 10.0. The highest BCUT2D eigenvalue weighted by Gasteiger charge is 2.01. The molecule has 0 spiro atoms. The summed E-state index contributed by atoms with van der Waals surface area (Å²) in [5.41, 5.74) is 2.05. The van der Waals surface area contributed by atoms with Crippen LogP contribution in [0.15, 0.2) is 42.6 Å². The number of methoxy groups -OCH3 is 2. The third-order valence-corrected chi connectivity index (χ3v) is 2.79. The lowest BCUT2D eigenvalue weighted by Crippen LogP contribution is -2.06. The molecule has 2 rings (SSSR count). The van der Waals surface area contributed by atoms with Gasteiger partial charge in [0.25, 0.3) is 0 Å². The number of pyridine rings is 1. The zero-order valence-corrected chi connectivity index (χ0v) is 11.2. The maximum absolute atomic E-state index is 5.23. The number of benzene rings is 1. The van der Waals surface area contributed by atoms with Crippen molar-refractivity contribution in [3.05, 3.63) is 48.3 Å². The second kappa shape index (κ2) is 6.64. The van der Waals surface area contributed by atoms with E-state index in [1.807, 2.05) is 42.6 Å². The van der Waals surface area contributed by atoms with Gasteiger partial charge in [0.1, 0.15) is 11.5 Å².